The molecule has 6 nitrogen and oxygen atoms in total. The van der Waals surface area contributed by atoms with E-state index in [1.807, 2.05) is 13.8 Å². The second kappa shape index (κ2) is 6.03. The van der Waals surface area contributed by atoms with Crippen molar-refractivity contribution in [3.05, 3.63) is 35.0 Å². The van der Waals surface area contributed by atoms with Gasteiger partial charge in [0.15, 0.2) is 9.84 Å². The van der Waals surface area contributed by atoms with Crippen molar-refractivity contribution in [1.82, 2.24) is 9.97 Å². The number of anilines is 2. The van der Waals surface area contributed by atoms with Crippen LogP contribution in [0.2, 0.25) is 0 Å². The first-order valence-corrected chi connectivity index (χ1v) is 9.84. The van der Waals surface area contributed by atoms with Gasteiger partial charge in [-0.3, -0.25) is 0 Å². The van der Waals surface area contributed by atoms with Crippen LogP contribution in [-0.4, -0.2) is 29.2 Å². The van der Waals surface area contributed by atoms with Gasteiger partial charge in [0.05, 0.1) is 21.7 Å². The molecule has 1 aromatic carbocycles. The first-order valence-electron chi connectivity index (χ1n) is 7.37. The number of hydrogen-bond donors (Lipinski definition) is 2. The number of nitrogens with one attached hydrogen (secondary N) is 1. The van der Waals surface area contributed by atoms with Crippen molar-refractivity contribution in [3.63, 3.8) is 0 Å². The number of aryl methyl sites for hydroxylation is 2. The zero-order valence-electron chi connectivity index (χ0n) is 13.5. The fourth-order valence-corrected chi connectivity index (χ4v) is 4.28. The van der Waals surface area contributed by atoms with Crippen molar-refractivity contribution in [2.75, 3.05) is 11.1 Å². The van der Waals surface area contributed by atoms with Crippen molar-refractivity contribution < 1.29 is 13.5 Å². The predicted molar refractivity (Wildman–Crippen MR) is 96.0 cm³/mol. The zero-order valence-corrected chi connectivity index (χ0v) is 15.1. The van der Waals surface area contributed by atoms with Crippen LogP contribution in [0.3, 0.4) is 0 Å². The molecule has 0 aliphatic carbocycles. The van der Waals surface area contributed by atoms with Crippen LogP contribution in [-0.2, 0) is 9.84 Å². The molecule has 0 radical (unpaired) electrons. The summed E-state index contributed by atoms with van der Waals surface area (Å²) in [5, 5.41) is 14.0. The highest BCUT2D eigenvalue weighted by Gasteiger charge is 2.16. The van der Waals surface area contributed by atoms with Crippen molar-refractivity contribution in [1.29, 1.82) is 0 Å². The molecule has 2 N–H and O–H groups in total. The average molecular weight is 363 g/mol. The molecule has 0 fully saturated rings. The topological polar surface area (TPSA) is 92.2 Å². The minimum atomic E-state index is -3.36. The zero-order chi connectivity index (χ0) is 17.5. The Morgan fingerprint density at radius 1 is 1.25 bits per heavy atom. The molecular weight excluding hydrogens is 346 g/mol. The molecule has 126 valence electrons. The summed E-state index contributed by atoms with van der Waals surface area (Å²) in [4.78, 5) is 10.7. The summed E-state index contributed by atoms with van der Waals surface area (Å²) in [6.45, 7) is 5.58. The minimum absolute atomic E-state index is 0.00218. The summed E-state index contributed by atoms with van der Waals surface area (Å²) >= 11 is 1.57. The van der Waals surface area contributed by atoms with Crippen molar-refractivity contribution in [2.45, 2.75) is 25.7 Å². The number of hydrogen-bond acceptors (Lipinski definition) is 7. The normalized spacial score (nSPS) is 11.8. The summed E-state index contributed by atoms with van der Waals surface area (Å²) < 4.78 is 24.1. The lowest BCUT2D eigenvalue weighted by Gasteiger charge is -2.11. The first kappa shape index (κ1) is 16.7. The number of phenols is 1. The summed E-state index contributed by atoms with van der Waals surface area (Å²) in [5.41, 5.74) is 1.36. The SMILES string of the molecule is CCS(=O)(=O)c1ccc(O)c(Nc2ncnc3sc(C)c(C)c23)c1. The van der Waals surface area contributed by atoms with Gasteiger partial charge in [-0.15, -0.1) is 11.3 Å². The molecule has 0 saturated heterocycles. The van der Waals surface area contributed by atoms with Crippen LogP contribution in [0.1, 0.15) is 17.4 Å². The third-order valence-corrected chi connectivity index (χ3v) is 6.77. The molecule has 3 rings (SSSR count). The molecule has 3 aromatic rings. The van der Waals surface area contributed by atoms with Crippen LogP contribution in [0.25, 0.3) is 10.2 Å². The maximum atomic E-state index is 12.1. The Kier molecular flexibility index (Phi) is 4.18. The minimum Gasteiger partial charge on any atom is -0.506 e. The van der Waals surface area contributed by atoms with Crippen molar-refractivity contribution in [2.24, 2.45) is 0 Å². The highest BCUT2D eigenvalue weighted by molar-refractivity contribution is 7.91. The third kappa shape index (κ3) is 2.83. The lowest BCUT2D eigenvalue weighted by molar-refractivity contribution is 0.477. The van der Waals surface area contributed by atoms with Crippen LogP contribution in [0, 0.1) is 13.8 Å². The lowest BCUT2D eigenvalue weighted by atomic mass is 10.2. The Morgan fingerprint density at radius 2 is 2.00 bits per heavy atom. The third-order valence-electron chi connectivity index (χ3n) is 3.93. The number of thiophene rings is 1. The van der Waals surface area contributed by atoms with E-state index in [0.29, 0.717) is 11.5 Å². The molecule has 0 bridgehead atoms. The largest absolute Gasteiger partial charge is 0.506 e. The van der Waals surface area contributed by atoms with Gasteiger partial charge < -0.3 is 10.4 Å². The highest BCUT2D eigenvalue weighted by atomic mass is 32.2. The van der Waals surface area contributed by atoms with E-state index in [0.717, 1.165) is 20.7 Å². The number of sulfone groups is 1. The van der Waals surface area contributed by atoms with E-state index in [1.54, 1.807) is 18.3 Å². The van der Waals surface area contributed by atoms with E-state index >= 15 is 0 Å². The molecule has 0 spiro atoms. The van der Waals surface area contributed by atoms with Crippen molar-refractivity contribution >= 4 is 42.9 Å². The number of rotatable bonds is 4. The van der Waals surface area contributed by atoms with Gasteiger partial charge in [0.25, 0.3) is 0 Å². The predicted octanol–water partition coefficient (Wildman–Crippen LogP) is 3.55. The van der Waals surface area contributed by atoms with Gasteiger partial charge in [-0.1, -0.05) is 6.92 Å². The molecular formula is C16H17N3O3S2. The maximum absolute atomic E-state index is 12.1. The van der Waals surface area contributed by atoms with Crippen LogP contribution in [0.15, 0.2) is 29.4 Å². The van der Waals surface area contributed by atoms with Crippen molar-refractivity contribution in [3.8, 4) is 5.75 Å². The Labute approximate surface area is 144 Å². The number of nitrogens with zero attached hydrogens (tertiary/aromatic N) is 2. The van der Waals surface area contributed by atoms with E-state index in [1.165, 1.54) is 24.5 Å². The smallest absolute Gasteiger partial charge is 0.178 e. The van der Waals surface area contributed by atoms with Crippen LogP contribution >= 0.6 is 11.3 Å². The average Bonchev–Trinajstić information content (AvgIpc) is 2.85. The van der Waals surface area contributed by atoms with Gasteiger partial charge in [-0.25, -0.2) is 18.4 Å². The maximum Gasteiger partial charge on any atom is 0.178 e. The van der Waals surface area contributed by atoms with E-state index in [4.69, 9.17) is 0 Å². The van der Waals surface area contributed by atoms with E-state index in [9.17, 15) is 13.5 Å². The summed E-state index contributed by atoms with van der Waals surface area (Å²) in [7, 11) is -3.36. The van der Waals surface area contributed by atoms with E-state index < -0.39 is 9.84 Å². The molecule has 2 aromatic heterocycles. The van der Waals surface area contributed by atoms with Gasteiger partial charge in [-0.05, 0) is 37.6 Å². The van der Waals surface area contributed by atoms with Crippen LogP contribution < -0.4 is 5.32 Å². The molecule has 0 aliphatic heterocycles. The molecule has 0 amide bonds. The van der Waals surface area contributed by atoms with Crippen LogP contribution in [0.5, 0.6) is 5.75 Å². The van der Waals surface area contributed by atoms with Gasteiger partial charge in [0, 0.05) is 4.88 Å². The summed E-state index contributed by atoms with van der Waals surface area (Å²) in [6.07, 6.45) is 1.45. The molecule has 24 heavy (non-hydrogen) atoms. The van der Waals surface area contributed by atoms with Gasteiger partial charge in [0.2, 0.25) is 0 Å². The fraction of sp³-hybridized carbons (Fsp3) is 0.250. The first-order chi connectivity index (χ1) is 11.3. The number of aromatic nitrogens is 2. The Hall–Kier alpha value is -2.19. The van der Waals surface area contributed by atoms with E-state index in [2.05, 4.69) is 15.3 Å². The molecule has 0 aliphatic rings. The number of phenolic OH excluding ortho intramolecular Hbond substituents is 1. The number of benzene rings is 1. The van der Waals surface area contributed by atoms with Gasteiger partial charge in [-0.2, -0.15) is 0 Å². The highest BCUT2D eigenvalue weighted by Crippen LogP contribution is 2.36. The second-order valence-electron chi connectivity index (χ2n) is 5.39. The van der Waals surface area contributed by atoms with Crippen LogP contribution in [0.4, 0.5) is 11.5 Å². The number of fused-ring (bicyclic) bond motifs is 1. The Morgan fingerprint density at radius 3 is 2.71 bits per heavy atom. The molecule has 8 heteroatoms. The quantitative estimate of drug-likeness (QED) is 0.689. The molecule has 0 unspecified atom stereocenters. The monoisotopic (exact) mass is 363 g/mol. The van der Waals surface area contributed by atoms with E-state index in [-0.39, 0.29) is 16.4 Å². The lowest BCUT2D eigenvalue weighted by Crippen LogP contribution is -2.04. The Bertz CT molecular complexity index is 1030. The number of aromatic hydroxyl groups is 1. The van der Waals surface area contributed by atoms with Gasteiger partial charge in [0.1, 0.15) is 22.7 Å². The summed E-state index contributed by atoms with van der Waals surface area (Å²) in [6, 6.07) is 4.20. The Balaban J connectivity index is 2.11. The molecule has 2 heterocycles. The second-order valence-corrected chi connectivity index (χ2v) is 8.87. The fourth-order valence-electron chi connectivity index (χ4n) is 2.38. The molecule has 0 atom stereocenters. The summed E-state index contributed by atoms with van der Waals surface area (Å²) in [5.74, 6) is 0.502. The molecule has 0 saturated carbocycles. The van der Waals surface area contributed by atoms with Gasteiger partial charge >= 0.3 is 0 Å². The standard InChI is InChI=1S/C16H17N3O3S2/c1-4-24(21,22)11-5-6-13(20)12(7-11)19-15-14-9(2)10(3)23-16(14)18-8-17-15/h5-8,20H,4H2,1-3H3,(H,17,18,19).